The van der Waals surface area contributed by atoms with E-state index in [1.54, 1.807) is 0 Å². The van der Waals surface area contributed by atoms with E-state index in [-0.39, 0.29) is 16.7 Å². The molecule has 1 amide bonds. The lowest BCUT2D eigenvalue weighted by molar-refractivity contribution is -0.132. The topological polar surface area (TPSA) is 55.1 Å². The summed E-state index contributed by atoms with van der Waals surface area (Å²) < 4.78 is 0. The summed E-state index contributed by atoms with van der Waals surface area (Å²) in [5, 5.41) is 3.12. The molecule has 0 bridgehead atoms. The molecule has 1 saturated carbocycles. The van der Waals surface area contributed by atoms with Crippen molar-refractivity contribution in [1.82, 2.24) is 5.32 Å². The maximum atomic E-state index is 12.2. The molecule has 0 aromatic carbocycles. The SMILES string of the molecule is CC(C)(CCN)CNC(=O)C1(C)CCCCC1. The minimum absolute atomic E-state index is 0.107. The Balaban J connectivity index is 2.43. The van der Waals surface area contributed by atoms with Crippen LogP contribution < -0.4 is 11.1 Å². The molecule has 1 aliphatic carbocycles. The zero-order chi connectivity index (χ0) is 12.9. The van der Waals surface area contributed by atoms with Crippen molar-refractivity contribution in [2.75, 3.05) is 13.1 Å². The van der Waals surface area contributed by atoms with E-state index in [0.29, 0.717) is 6.54 Å². The molecule has 3 heteroatoms. The van der Waals surface area contributed by atoms with Crippen LogP contribution in [0.25, 0.3) is 0 Å². The second-order valence-electron chi connectivity index (χ2n) is 6.51. The fourth-order valence-electron chi connectivity index (χ4n) is 2.57. The molecule has 1 rings (SSSR count). The Morgan fingerprint density at radius 1 is 1.29 bits per heavy atom. The lowest BCUT2D eigenvalue weighted by atomic mass is 9.75. The third-order valence-electron chi connectivity index (χ3n) is 4.05. The molecule has 0 unspecified atom stereocenters. The number of rotatable bonds is 5. The van der Waals surface area contributed by atoms with Crippen LogP contribution in [0.4, 0.5) is 0 Å². The van der Waals surface area contributed by atoms with Crippen LogP contribution in [0.15, 0.2) is 0 Å². The van der Waals surface area contributed by atoms with Gasteiger partial charge in [-0.15, -0.1) is 0 Å². The molecule has 0 aliphatic heterocycles. The second-order valence-corrected chi connectivity index (χ2v) is 6.51. The minimum atomic E-state index is -0.128. The summed E-state index contributed by atoms with van der Waals surface area (Å²) in [6, 6.07) is 0. The summed E-state index contributed by atoms with van der Waals surface area (Å²) in [5.74, 6) is 0.238. The van der Waals surface area contributed by atoms with Crippen molar-refractivity contribution in [3.8, 4) is 0 Å². The average Bonchev–Trinajstić information content (AvgIpc) is 2.27. The molecule has 100 valence electrons. The van der Waals surface area contributed by atoms with E-state index in [4.69, 9.17) is 5.73 Å². The largest absolute Gasteiger partial charge is 0.355 e. The molecule has 3 N–H and O–H groups in total. The standard InChI is InChI=1S/C14H28N2O/c1-13(2,9-10-15)11-16-12(17)14(3)7-5-4-6-8-14/h4-11,15H2,1-3H3,(H,16,17). The van der Waals surface area contributed by atoms with Crippen molar-refractivity contribution in [1.29, 1.82) is 0 Å². The van der Waals surface area contributed by atoms with Gasteiger partial charge in [-0.1, -0.05) is 40.0 Å². The summed E-state index contributed by atoms with van der Waals surface area (Å²) in [6.45, 7) is 7.84. The van der Waals surface area contributed by atoms with Gasteiger partial charge in [-0.05, 0) is 31.2 Å². The van der Waals surface area contributed by atoms with Crippen LogP contribution in [0.5, 0.6) is 0 Å². The summed E-state index contributed by atoms with van der Waals surface area (Å²) >= 11 is 0. The third-order valence-corrected chi connectivity index (χ3v) is 4.05. The average molecular weight is 240 g/mol. The van der Waals surface area contributed by atoms with Crippen molar-refractivity contribution < 1.29 is 4.79 Å². The van der Waals surface area contributed by atoms with Gasteiger partial charge >= 0.3 is 0 Å². The summed E-state index contributed by atoms with van der Waals surface area (Å²) in [7, 11) is 0. The molecule has 3 nitrogen and oxygen atoms in total. The number of nitrogens with two attached hydrogens (primary N) is 1. The van der Waals surface area contributed by atoms with Crippen LogP contribution in [0, 0.1) is 10.8 Å². The number of carbonyl (C=O) groups is 1. The maximum Gasteiger partial charge on any atom is 0.225 e. The number of carbonyl (C=O) groups excluding carboxylic acids is 1. The quantitative estimate of drug-likeness (QED) is 0.775. The van der Waals surface area contributed by atoms with Gasteiger partial charge in [-0.2, -0.15) is 0 Å². The molecule has 0 heterocycles. The van der Waals surface area contributed by atoms with E-state index < -0.39 is 0 Å². The number of hydrogen-bond acceptors (Lipinski definition) is 2. The molecule has 1 aliphatic rings. The van der Waals surface area contributed by atoms with Gasteiger partial charge in [0.2, 0.25) is 5.91 Å². The predicted octanol–water partition coefficient (Wildman–Crippen LogP) is 2.45. The van der Waals surface area contributed by atoms with E-state index >= 15 is 0 Å². The highest BCUT2D eigenvalue weighted by molar-refractivity contribution is 5.82. The first-order valence-electron chi connectivity index (χ1n) is 6.88. The van der Waals surface area contributed by atoms with Crippen molar-refractivity contribution in [3.63, 3.8) is 0 Å². The Morgan fingerprint density at radius 2 is 1.88 bits per heavy atom. The highest BCUT2D eigenvalue weighted by Crippen LogP contribution is 2.36. The van der Waals surface area contributed by atoms with Crippen molar-refractivity contribution in [2.24, 2.45) is 16.6 Å². The van der Waals surface area contributed by atoms with Crippen LogP contribution in [0.3, 0.4) is 0 Å². The molecule has 0 radical (unpaired) electrons. The van der Waals surface area contributed by atoms with Crippen molar-refractivity contribution in [3.05, 3.63) is 0 Å². The summed E-state index contributed by atoms with van der Waals surface area (Å²) in [5.41, 5.74) is 5.56. The first kappa shape index (κ1) is 14.5. The van der Waals surface area contributed by atoms with Crippen LogP contribution in [-0.4, -0.2) is 19.0 Å². The van der Waals surface area contributed by atoms with Gasteiger partial charge < -0.3 is 11.1 Å². The minimum Gasteiger partial charge on any atom is -0.355 e. The Hall–Kier alpha value is -0.570. The molecule has 0 spiro atoms. The number of nitrogens with one attached hydrogen (secondary N) is 1. The van der Waals surface area contributed by atoms with Crippen LogP contribution >= 0.6 is 0 Å². The maximum absolute atomic E-state index is 12.2. The Labute approximate surface area is 106 Å². The van der Waals surface area contributed by atoms with E-state index in [0.717, 1.165) is 25.8 Å². The van der Waals surface area contributed by atoms with Gasteiger partial charge in [0.1, 0.15) is 0 Å². The smallest absolute Gasteiger partial charge is 0.225 e. The molecule has 17 heavy (non-hydrogen) atoms. The molecule has 0 saturated heterocycles. The highest BCUT2D eigenvalue weighted by Gasteiger charge is 2.34. The van der Waals surface area contributed by atoms with Gasteiger partial charge in [0, 0.05) is 12.0 Å². The zero-order valence-electron chi connectivity index (χ0n) is 11.6. The molecule has 0 atom stereocenters. The van der Waals surface area contributed by atoms with Crippen LogP contribution in [0.2, 0.25) is 0 Å². The Kier molecular flexibility index (Phi) is 4.99. The number of hydrogen-bond donors (Lipinski definition) is 2. The summed E-state index contributed by atoms with van der Waals surface area (Å²) in [4.78, 5) is 12.2. The monoisotopic (exact) mass is 240 g/mol. The normalized spacial score (nSPS) is 20.0. The Bertz CT molecular complexity index is 255. The predicted molar refractivity (Wildman–Crippen MR) is 71.7 cm³/mol. The number of amides is 1. The first-order valence-corrected chi connectivity index (χ1v) is 6.88. The van der Waals surface area contributed by atoms with Crippen LogP contribution in [0.1, 0.15) is 59.3 Å². The van der Waals surface area contributed by atoms with Gasteiger partial charge in [0.15, 0.2) is 0 Å². The van der Waals surface area contributed by atoms with E-state index in [1.807, 2.05) is 0 Å². The molecule has 0 aromatic rings. The fourth-order valence-corrected chi connectivity index (χ4v) is 2.57. The Morgan fingerprint density at radius 3 is 2.41 bits per heavy atom. The zero-order valence-corrected chi connectivity index (χ0v) is 11.6. The molecular weight excluding hydrogens is 212 g/mol. The first-order chi connectivity index (χ1) is 7.90. The third kappa shape index (κ3) is 4.30. The van der Waals surface area contributed by atoms with Gasteiger partial charge in [0.25, 0.3) is 0 Å². The second kappa shape index (κ2) is 5.85. The van der Waals surface area contributed by atoms with E-state index in [1.165, 1.54) is 19.3 Å². The van der Waals surface area contributed by atoms with Gasteiger partial charge in [0.05, 0.1) is 0 Å². The van der Waals surface area contributed by atoms with Crippen LogP contribution in [-0.2, 0) is 4.79 Å². The van der Waals surface area contributed by atoms with E-state index in [2.05, 4.69) is 26.1 Å². The van der Waals surface area contributed by atoms with Crippen molar-refractivity contribution in [2.45, 2.75) is 59.3 Å². The lowest BCUT2D eigenvalue weighted by Crippen LogP contribution is -2.44. The van der Waals surface area contributed by atoms with Gasteiger partial charge in [-0.25, -0.2) is 0 Å². The fraction of sp³-hybridized carbons (Fsp3) is 0.929. The van der Waals surface area contributed by atoms with E-state index in [9.17, 15) is 4.79 Å². The lowest BCUT2D eigenvalue weighted by Gasteiger charge is -2.34. The highest BCUT2D eigenvalue weighted by atomic mass is 16.2. The molecule has 0 aromatic heterocycles. The van der Waals surface area contributed by atoms with Gasteiger partial charge in [-0.3, -0.25) is 4.79 Å². The molecule has 1 fully saturated rings. The summed E-state index contributed by atoms with van der Waals surface area (Å²) in [6.07, 6.45) is 6.68. The molecular formula is C14H28N2O. The van der Waals surface area contributed by atoms with Crippen molar-refractivity contribution >= 4 is 5.91 Å².